The number of halogens is 1. The molecule has 104 valence electrons. The van der Waals surface area contributed by atoms with Crippen molar-refractivity contribution in [3.8, 4) is 6.07 Å². The molecule has 0 aliphatic carbocycles. The molecule has 0 bridgehead atoms. The molecule has 1 amide bonds. The number of nitriles is 1. The van der Waals surface area contributed by atoms with Crippen LogP contribution in [0.5, 0.6) is 0 Å². The summed E-state index contributed by atoms with van der Waals surface area (Å²) in [7, 11) is 0. The second-order valence-corrected chi connectivity index (χ2v) is 4.14. The van der Waals surface area contributed by atoms with E-state index in [9.17, 15) is 14.0 Å². The van der Waals surface area contributed by atoms with E-state index in [4.69, 9.17) is 10.4 Å². The van der Waals surface area contributed by atoms with Crippen LogP contribution in [0.15, 0.2) is 42.5 Å². The largest absolute Gasteiger partial charge is 0.478 e. The van der Waals surface area contributed by atoms with Crippen molar-refractivity contribution in [3.63, 3.8) is 0 Å². The second-order valence-electron chi connectivity index (χ2n) is 4.14. The summed E-state index contributed by atoms with van der Waals surface area (Å²) in [5.41, 5.74) is 0.324. The lowest BCUT2D eigenvalue weighted by Gasteiger charge is -2.08. The number of amides is 1. The molecule has 5 nitrogen and oxygen atoms in total. The Morgan fingerprint density at radius 3 is 2.38 bits per heavy atom. The number of benzene rings is 2. The number of carboxylic acid groups (broad SMARTS) is 1. The van der Waals surface area contributed by atoms with Crippen LogP contribution in [0.4, 0.5) is 10.1 Å². The zero-order valence-electron chi connectivity index (χ0n) is 10.6. The highest BCUT2D eigenvalue weighted by molar-refractivity contribution is 6.07. The van der Waals surface area contributed by atoms with Gasteiger partial charge in [-0.25, -0.2) is 9.18 Å². The second kappa shape index (κ2) is 5.84. The molecule has 0 heterocycles. The number of carbonyl (C=O) groups is 2. The van der Waals surface area contributed by atoms with Gasteiger partial charge in [0.1, 0.15) is 5.82 Å². The van der Waals surface area contributed by atoms with E-state index in [-0.39, 0.29) is 16.8 Å². The van der Waals surface area contributed by atoms with Gasteiger partial charge in [0.2, 0.25) is 0 Å². The third kappa shape index (κ3) is 3.22. The maximum Gasteiger partial charge on any atom is 0.337 e. The van der Waals surface area contributed by atoms with Crippen LogP contribution in [-0.4, -0.2) is 17.0 Å². The van der Waals surface area contributed by atoms with E-state index >= 15 is 0 Å². The van der Waals surface area contributed by atoms with Crippen molar-refractivity contribution >= 4 is 17.6 Å². The van der Waals surface area contributed by atoms with E-state index in [1.807, 2.05) is 6.07 Å². The van der Waals surface area contributed by atoms with Crippen molar-refractivity contribution in [2.45, 2.75) is 0 Å². The molecule has 0 saturated heterocycles. The van der Waals surface area contributed by atoms with Crippen molar-refractivity contribution in [3.05, 3.63) is 65.0 Å². The van der Waals surface area contributed by atoms with Gasteiger partial charge >= 0.3 is 5.97 Å². The molecule has 0 aromatic heterocycles. The standard InChI is InChI=1S/C15H9FN2O3/c16-11-5-6-13(12(7-11)15(20)21)18-14(19)10-3-1-9(8-17)2-4-10/h1-7H,(H,18,19)(H,20,21). The first kappa shape index (κ1) is 14.2. The quantitative estimate of drug-likeness (QED) is 0.906. The molecular formula is C15H9FN2O3. The summed E-state index contributed by atoms with van der Waals surface area (Å²) in [4.78, 5) is 23.0. The Morgan fingerprint density at radius 1 is 1.14 bits per heavy atom. The minimum atomic E-state index is -1.34. The van der Waals surface area contributed by atoms with Crippen LogP contribution in [0.2, 0.25) is 0 Å². The smallest absolute Gasteiger partial charge is 0.337 e. The molecule has 0 aliphatic heterocycles. The van der Waals surface area contributed by atoms with Crippen molar-refractivity contribution < 1.29 is 19.1 Å². The van der Waals surface area contributed by atoms with E-state index in [2.05, 4.69) is 5.32 Å². The number of hydrogen-bond acceptors (Lipinski definition) is 3. The predicted octanol–water partition coefficient (Wildman–Crippen LogP) is 2.65. The van der Waals surface area contributed by atoms with E-state index in [1.165, 1.54) is 30.3 Å². The first-order valence-corrected chi connectivity index (χ1v) is 5.85. The molecule has 0 saturated carbocycles. The Hall–Kier alpha value is -3.20. The van der Waals surface area contributed by atoms with Gasteiger partial charge in [-0.3, -0.25) is 4.79 Å². The molecule has 0 atom stereocenters. The van der Waals surface area contributed by atoms with Gasteiger partial charge in [-0.15, -0.1) is 0 Å². The zero-order valence-corrected chi connectivity index (χ0v) is 10.6. The van der Waals surface area contributed by atoms with E-state index < -0.39 is 17.7 Å². The Bertz CT molecular complexity index is 749. The van der Waals surface area contributed by atoms with Crippen LogP contribution >= 0.6 is 0 Å². The van der Waals surface area contributed by atoms with E-state index in [0.717, 1.165) is 12.1 Å². The molecular weight excluding hydrogens is 275 g/mol. The summed E-state index contributed by atoms with van der Waals surface area (Å²) in [6, 6.07) is 10.8. The van der Waals surface area contributed by atoms with Crippen LogP contribution in [0.3, 0.4) is 0 Å². The number of aromatic carboxylic acids is 1. The Balaban J connectivity index is 2.27. The minimum Gasteiger partial charge on any atom is -0.478 e. The lowest BCUT2D eigenvalue weighted by atomic mass is 10.1. The fourth-order valence-corrected chi connectivity index (χ4v) is 1.69. The maximum atomic E-state index is 13.0. The number of hydrogen-bond donors (Lipinski definition) is 2. The predicted molar refractivity (Wildman–Crippen MR) is 72.5 cm³/mol. The molecule has 2 aromatic carbocycles. The molecule has 0 unspecified atom stereocenters. The van der Waals surface area contributed by atoms with E-state index in [1.54, 1.807) is 0 Å². The van der Waals surface area contributed by atoms with Crippen molar-refractivity contribution in [2.24, 2.45) is 0 Å². The summed E-state index contributed by atoms with van der Waals surface area (Å²) in [6.07, 6.45) is 0. The third-order valence-corrected chi connectivity index (χ3v) is 2.74. The van der Waals surface area contributed by atoms with Gasteiger partial charge in [-0.1, -0.05) is 0 Å². The summed E-state index contributed by atoms with van der Waals surface area (Å²) in [5, 5.41) is 20.1. The average Bonchev–Trinajstić information content (AvgIpc) is 2.49. The number of carboxylic acids is 1. The normalized spacial score (nSPS) is 9.71. The molecule has 2 N–H and O–H groups in total. The Morgan fingerprint density at radius 2 is 1.81 bits per heavy atom. The molecule has 21 heavy (non-hydrogen) atoms. The number of rotatable bonds is 3. The SMILES string of the molecule is N#Cc1ccc(C(=O)Nc2ccc(F)cc2C(=O)O)cc1. The molecule has 2 aromatic rings. The number of anilines is 1. The van der Waals surface area contributed by atoms with Gasteiger partial charge in [-0.2, -0.15) is 5.26 Å². The molecule has 6 heteroatoms. The highest BCUT2D eigenvalue weighted by Gasteiger charge is 2.14. The van der Waals surface area contributed by atoms with Crippen LogP contribution < -0.4 is 5.32 Å². The molecule has 0 radical (unpaired) electrons. The fraction of sp³-hybridized carbons (Fsp3) is 0. The van der Waals surface area contributed by atoms with Gasteiger partial charge in [0.05, 0.1) is 22.9 Å². The van der Waals surface area contributed by atoms with Crippen molar-refractivity contribution in [2.75, 3.05) is 5.32 Å². The van der Waals surface area contributed by atoms with Crippen molar-refractivity contribution in [1.29, 1.82) is 5.26 Å². The highest BCUT2D eigenvalue weighted by atomic mass is 19.1. The topological polar surface area (TPSA) is 90.2 Å². The molecule has 0 fully saturated rings. The lowest BCUT2D eigenvalue weighted by molar-refractivity contribution is 0.0697. The van der Waals surface area contributed by atoms with Gasteiger partial charge in [0, 0.05) is 5.56 Å². The van der Waals surface area contributed by atoms with Gasteiger partial charge in [-0.05, 0) is 42.5 Å². The van der Waals surface area contributed by atoms with Crippen molar-refractivity contribution in [1.82, 2.24) is 0 Å². The Labute approximate surface area is 119 Å². The van der Waals surface area contributed by atoms with Gasteiger partial charge in [0.25, 0.3) is 5.91 Å². The van der Waals surface area contributed by atoms with Crippen LogP contribution in [0.25, 0.3) is 0 Å². The van der Waals surface area contributed by atoms with Gasteiger partial charge < -0.3 is 10.4 Å². The monoisotopic (exact) mass is 284 g/mol. The average molecular weight is 284 g/mol. The zero-order chi connectivity index (χ0) is 15.4. The number of nitrogens with zero attached hydrogens (tertiary/aromatic N) is 1. The fourth-order valence-electron chi connectivity index (χ4n) is 1.69. The molecule has 0 spiro atoms. The summed E-state index contributed by atoms with van der Waals surface area (Å²) in [6.45, 7) is 0. The third-order valence-electron chi connectivity index (χ3n) is 2.74. The molecule has 0 aliphatic rings. The summed E-state index contributed by atoms with van der Waals surface area (Å²) in [5.74, 6) is -2.60. The lowest BCUT2D eigenvalue weighted by Crippen LogP contribution is -2.15. The van der Waals surface area contributed by atoms with Crippen LogP contribution in [-0.2, 0) is 0 Å². The number of nitrogens with one attached hydrogen (secondary N) is 1. The number of carbonyl (C=O) groups excluding carboxylic acids is 1. The van der Waals surface area contributed by atoms with Crippen LogP contribution in [0.1, 0.15) is 26.3 Å². The first-order valence-electron chi connectivity index (χ1n) is 5.85. The first-order chi connectivity index (χ1) is 10.0. The van der Waals surface area contributed by atoms with Crippen LogP contribution in [0, 0.1) is 17.1 Å². The summed E-state index contributed by atoms with van der Waals surface area (Å²) < 4.78 is 13.0. The minimum absolute atomic E-state index is 0.00161. The maximum absolute atomic E-state index is 13.0. The molecule has 2 rings (SSSR count). The summed E-state index contributed by atoms with van der Waals surface area (Å²) >= 11 is 0. The highest BCUT2D eigenvalue weighted by Crippen LogP contribution is 2.18. The van der Waals surface area contributed by atoms with E-state index in [0.29, 0.717) is 5.56 Å². The Kier molecular flexibility index (Phi) is 3.95. The van der Waals surface area contributed by atoms with Gasteiger partial charge in [0.15, 0.2) is 0 Å².